The number of hydrogen-bond acceptors (Lipinski definition) is 3. The molecule has 0 radical (unpaired) electrons. The van der Waals surface area contributed by atoms with E-state index in [-0.39, 0.29) is 6.09 Å². The fourth-order valence-electron chi connectivity index (χ4n) is 2.86. The van der Waals surface area contributed by atoms with E-state index in [1.807, 2.05) is 37.8 Å². The van der Waals surface area contributed by atoms with Gasteiger partial charge in [0.15, 0.2) is 0 Å². The van der Waals surface area contributed by atoms with E-state index < -0.39 is 5.60 Å². The van der Waals surface area contributed by atoms with Gasteiger partial charge in [-0.25, -0.2) is 4.79 Å². The van der Waals surface area contributed by atoms with Crippen LogP contribution in [-0.4, -0.2) is 47.2 Å². The molecular formula is C19H28N2O2. The number of carbonyl (C=O) groups excluding carboxylic acids is 1. The summed E-state index contributed by atoms with van der Waals surface area (Å²) in [6, 6.07) is 10.8. The lowest BCUT2D eigenvalue weighted by molar-refractivity contribution is 0.0280. The predicted octanol–water partition coefficient (Wildman–Crippen LogP) is 3.68. The Morgan fingerprint density at radius 1 is 1.39 bits per heavy atom. The molecule has 1 saturated heterocycles. The number of amides is 1. The average Bonchev–Trinajstić information content (AvgIpc) is 2.96. The van der Waals surface area contributed by atoms with Crippen molar-refractivity contribution in [3.05, 3.63) is 48.6 Å². The summed E-state index contributed by atoms with van der Waals surface area (Å²) in [6.07, 6.45) is 2.69. The van der Waals surface area contributed by atoms with Crippen LogP contribution < -0.4 is 0 Å². The molecule has 1 atom stereocenters. The van der Waals surface area contributed by atoms with E-state index in [0.29, 0.717) is 6.04 Å². The average molecular weight is 316 g/mol. The van der Waals surface area contributed by atoms with E-state index in [1.54, 1.807) is 0 Å². The molecule has 126 valence electrons. The van der Waals surface area contributed by atoms with Gasteiger partial charge in [-0.3, -0.25) is 4.90 Å². The van der Waals surface area contributed by atoms with E-state index in [9.17, 15) is 4.79 Å². The molecule has 1 aliphatic heterocycles. The highest BCUT2D eigenvalue weighted by molar-refractivity contribution is 5.68. The van der Waals surface area contributed by atoms with Gasteiger partial charge in [0.2, 0.25) is 0 Å². The van der Waals surface area contributed by atoms with Crippen molar-refractivity contribution in [3.63, 3.8) is 0 Å². The lowest BCUT2D eigenvalue weighted by atomic mass is 10.1. The minimum absolute atomic E-state index is 0.210. The van der Waals surface area contributed by atoms with Crippen molar-refractivity contribution in [1.29, 1.82) is 0 Å². The number of benzene rings is 1. The van der Waals surface area contributed by atoms with Crippen molar-refractivity contribution in [2.75, 3.05) is 19.6 Å². The van der Waals surface area contributed by atoms with Crippen molar-refractivity contribution >= 4 is 6.09 Å². The second kappa shape index (κ2) is 7.64. The lowest BCUT2D eigenvalue weighted by Gasteiger charge is -2.28. The summed E-state index contributed by atoms with van der Waals surface area (Å²) in [5, 5.41) is 0. The Morgan fingerprint density at radius 3 is 2.70 bits per heavy atom. The normalized spacial score (nSPS) is 18.3. The third-order valence-corrected chi connectivity index (χ3v) is 3.92. The van der Waals surface area contributed by atoms with E-state index in [1.165, 1.54) is 5.56 Å². The van der Waals surface area contributed by atoms with Crippen molar-refractivity contribution in [3.8, 4) is 0 Å². The molecule has 1 aromatic carbocycles. The highest BCUT2D eigenvalue weighted by Crippen LogP contribution is 2.20. The molecule has 4 heteroatoms. The van der Waals surface area contributed by atoms with E-state index in [0.717, 1.165) is 32.6 Å². The molecule has 0 N–H and O–H groups in total. The van der Waals surface area contributed by atoms with Crippen LogP contribution in [0.25, 0.3) is 0 Å². The Kier molecular flexibility index (Phi) is 5.83. The molecule has 1 aliphatic rings. The molecule has 0 saturated carbocycles. The molecule has 23 heavy (non-hydrogen) atoms. The monoisotopic (exact) mass is 316 g/mol. The number of carbonyl (C=O) groups is 1. The van der Waals surface area contributed by atoms with Gasteiger partial charge in [-0.15, -0.1) is 6.58 Å². The summed E-state index contributed by atoms with van der Waals surface area (Å²) >= 11 is 0. The van der Waals surface area contributed by atoms with Crippen molar-refractivity contribution < 1.29 is 9.53 Å². The third-order valence-electron chi connectivity index (χ3n) is 3.92. The van der Waals surface area contributed by atoms with Crippen LogP contribution >= 0.6 is 0 Å². The Bertz CT molecular complexity index is 522. The van der Waals surface area contributed by atoms with Gasteiger partial charge in [0.05, 0.1) is 0 Å². The summed E-state index contributed by atoms with van der Waals surface area (Å²) in [5.41, 5.74) is 0.838. The smallest absolute Gasteiger partial charge is 0.410 e. The van der Waals surface area contributed by atoms with Gasteiger partial charge < -0.3 is 9.64 Å². The zero-order chi connectivity index (χ0) is 16.9. The predicted molar refractivity (Wildman–Crippen MR) is 93.3 cm³/mol. The zero-order valence-electron chi connectivity index (χ0n) is 14.5. The highest BCUT2D eigenvalue weighted by Gasteiger charge is 2.32. The standard InChI is InChI=1S/C19H28N2O2/c1-5-12-20(14-16-9-7-6-8-10-16)17-11-13-21(15-17)18(22)23-19(2,3)4/h5-10,17H,1,11-15H2,2-4H3/t17-/m1/s1. The molecule has 1 fully saturated rings. The molecule has 0 aliphatic carbocycles. The summed E-state index contributed by atoms with van der Waals surface area (Å²) in [7, 11) is 0. The van der Waals surface area contributed by atoms with Crippen LogP contribution in [0.3, 0.4) is 0 Å². The van der Waals surface area contributed by atoms with Crippen LogP contribution in [0.5, 0.6) is 0 Å². The number of nitrogens with zero attached hydrogens (tertiary/aromatic N) is 2. The minimum atomic E-state index is -0.444. The van der Waals surface area contributed by atoms with Gasteiger partial charge in [-0.1, -0.05) is 36.4 Å². The first-order valence-electron chi connectivity index (χ1n) is 8.26. The fourth-order valence-corrected chi connectivity index (χ4v) is 2.86. The Labute approximate surface area is 139 Å². The van der Waals surface area contributed by atoms with Gasteiger partial charge in [-0.2, -0.15) is 0 Å². The highest BCUT2D eigenvalue weighted by atomic mass is 16.6. The van der Waals surface area contributed by atoms with Crippen molar-refractivity contribution in [2.45, 2.75) is 45.4 Å². The molecule has 2 rings (SSSR count). The quantitative estimate of drug-likeness (QED) is 0.777. The van der Waals surface area contributed by atoms with Crippen LogP contribution in [0.4, 0.5) is 4.79 Å². The summed E-state index contributed by atoms with van der Waals surface area (Å²) < 4.78 is 5.48. The van der Waals surface area contributed by atoms with Crippen molar-refractivity contribution in [1.82, 2.24) is 9.80 Å². The first-order valence-corrected chi connectivity index (χ1v) is 8.26. The molecule has 1 heterocycles. The zero-order valence-corrected chi connectivity index (χ0v) is 14.5. The SMILES string of the molecule is C=CCN(Cc1ccccc1)[C@@H]1CCN(C(=O)OC(C)(C)C)C1. The maximum Gasteiger partial charge on any atom is 0.410 e. The molecule has 1 aromatic rings. The number of ether oxygens (including phenoxy) is 1. The van der Waals surface area contributed by atoms with Gasteiger partial charge in [0, 0.05) is 32.2 Å². The maximum absolute atomic E-state index is 12.2. The molecule has 0 spiro atoms. The van der Waals surface area contributed by atoms with Gasteiger partial charge in [0.25, 0.3) is 0 Å². The Hall–Kier alpha value is -1.81. The van der Waals surface area contributed by atoms with Crippen LogP contribution in [-0.2, 0) is 11.3 Å². The fraction of sp³-hybridized carbons (Fsp3) is 0.526. The van der Waals surface area contributed by atoms with E-state index in [4.69, 9.17) is 4.74 Å². The number of likely N-dealkylation sites (tertiary alicyclic amines) is 1. The molecule has 0 bridgehead atoms. The Morgan fingerprint density at radius 2 is 2.09 bits per heavy atom. The Balaban J connectivity index is 1.96. The largest absolute Gasteiger partial charge is 0.444 e. The van der Waals surface area contributed by atoms with Crippen LogP contribution in [0, 0.1) is 0 Å². The lowest BCUT2D eigenvalue weighted by Crippen LogP contribution is -2.40. The first-order chi connectivity index (χ1) is 10.9. The van der Waals surface area contributed by atoms with Crippen molar-refractivity contribution in [2.24, 2.45) is 0 Å². The summed E-state index contributed by atoms with van der Waals surface area (Å²) in [4.78, 5) is 16.4. The summed E-state index contributed by atoms with van der Waals surface area (Å²) in [5.74, 6) is 0. The van der Waals surface area contributed by atoms with Crippen LogP contribution in [0.1, 0.15) is 32.8 Å². The number of rotatable bonds is 5. The van der Waals surface area contributed by atoms with Gasteiger partial charge >= 0.3 is 6.09 Å². The van der Waals surface area contributed by atoms with Gasteiger partial charge in [0.1, 0.15) is 5.60 Å². The van der Waals surface area contributed by atoms with E-state index >= 15 is 0 Å². The maximum atomic E-state index is 12.2. The third kappa shape index (κ3) is 5.39. The molecular weight excluding hydrogens is 288 g/mol. The molecule has 0 unspecified atom stereocenters. The van der Waals surface area contributed by atoms with Crippen LogP contribution in [0.15, 0.2) is 43.0 Å². The molecule has 0 aromatic heterocycles. The minimum Gasteiger partial charge on any atom is -0.444 e. The van der Waals surface area contributed by atoms with Crippen LogP contribution in [0.2, 0.25) is 0 Å². The summed E-state index contributed by atoms with van der Waals surface area (Å²) in [6.45, 7) is 12.7. The van der Waals surface area contributed by atoms with Gasteiger partial charge in [-0.05, 0) is 32.8 Å². The molecule has 4 nitrogen and oxygen atoms in total. The second-order valence-corrected chi connectivity index (χ2v) is 7.07. The second-order valence-electron chi connectivity index (χ2n) is 7.07. The molecule has 1 amide bonds. The topological polar surface area (TPSA) is 32.8 Å². The van der Waals surface area contributed by atoms with E-state index in [2.05, 4.69) is 35.7 Å². The first kappa shape index (κ1) is 17.5. The number of hydrogen-bond donors (Lipinski definition) is 0.